The third kappa shape index (κ3) is 5.14. The Kier molecular flexibility index (Phi) is 6.72. The van der Waals surface area contributed by atoms with Crippen LogP contribution in [0.1, 0.15) is 32.7 Å². The number of allylic oxidation sites excluding steroid dienone is 1. The molecule has 2 amide bonds. The van der Waals surface area contributed by atoms with Crippen molar-refractivity contribution in [3.05, 3.63) is 108 Å². The van der Waals surface area contributed by atoms with Gasteiger partial charge in [-0.15, -0.1) is 0 Å². The van der Waals surface area contributed by atoms with E-state index in [1.165, 1.54) is 64.7 Å². The maximum atomic E-state index is 14.9. The first-order valence-electron chi connectivity index (χ1n) is 11.8. The molecule has 0 unspecified atom stereocenters. The summed E-state index contributed by atoms with van der Waals surface area (Å²) in [6.45, 7) is -0.322. The minimum atomic E-state index is -3.44. The molecule has 2 N–H and O–H groups in total. The number of halogens is 2. The Balaban J connectivity index is 1.39. The number of rotatable bonds is 5. The van der Waals surface area contributed by atoms with Gasteiger partial charge in [0.25, 0.3) is 17.7 Å². The van der Waals surface area contributed by atoms with Crippen LogP contribution >= 0.6 is 0 Å². The number of alkyl halides is 2. The van der Waals surface area contributed by atoms with E-state index in [9.17, 15) is 23.2 Å². The number of para-hydroxylation sites is 2. The molecule has 0 aliphatic carbocycles. The molecular weight excluding hydrogens is 508 g/mol. The van der Waals surface area contributed by atoms with Crippen LogP contribution in [0.4, 0.5) is 20.2 Å². The molecule has 1 aliphatic rings. The van der Waals surface area contributed by atoms with Crippen LogP contribution in [0.5, 0.6) is 0 Å². The van der Waals surface area contributed by atoms with E-state index in [0.717, 1.165) is 0 Å². The Bertz CT molecular complexity index is 1580. The highest BCUT2D eigenvalue weighted by Gasteiger charge is 2.41. The molecule has 1 aromatic heterocycles. The second-order valence-electron chi connectivity index (χ2n) is 8.71. The van der Waals surface area contributed by atoms with Gasteiger partial charge in [0.05, 0.1) is 16.9 Å². The van der Waals surface area contributed by atoms with Gasteiger partial charge in [-0.05, 0) is 42.5 Å². The molecule has 3 aromatic carbocycles. The van der Waals surface area contributed by atoms with Crippen molar-refractivity contribution in [3.8, 4) is 5.69 Å². The summed E-state index contributed by atoms with van der Waals surface area (Å²) in [5, 5.41) is 16.0. The maximum absolute atomic E-state index is 14.9. The molecule has 0 saturated heterocycles. The minimum Gasteiger partial charge on any atom is -0.478 e. The van der Waals surface area contributed by atoms with Gasteiger partial charge in [-0.2, -0.15) is 5.10 Å². The van der Waals surface area contributed by atoms with Crippen molar-refractivity contribution in [3.63, 3.8) is 0 Å². The SMILES string of the molecule is O=C(O)/C=C1/c2ccccc2N(C(=O)c2ccc(NC(=O)c3ccccc3-n3cncn3)cc2)CCC1(F)F. The average Bonchev–Trinajstić information content (AvgIpc) is 3.44. The second kappa shape index (κ2) is 10.3. The quantitative estimate of drug-likeness (QED) is 0.363. The van der Waals surface area contributed by atoms with Gasteiger partial charge in [0.2, 0.25) is 0 Å². The van der Waals surface area contributed by atoms with Crippen molar-refractivity contribution < 1.29 is 28.3 Å². The van der Waals surface area contributed by atoms with Crippen molar-refractivity contribution in [1.82, 2.24) is 14.8 Å². The molecule has 0 bridgehead atoms. The number of amides is 2. The predicted molar refractivity (Wildman–Crippen MR) is 139 cm³/mol. The highest BCUT2D eigenvalue weighted by atomic mass is 19.3. The van der Waals surface area contributed by atoms with Gasteiger partial charge in [0.1, 0.15) is 12.7 Å². The summed E-state index contributed by atoms with van der Waals surface area (Å²) in [6.07, 6.45) is 2.58. The third-order valence-electron chi connectivity index (χ3n) is 6.25. The van der Waals surface area contributed by atoms with Crippen molar-refractivity contribution in [2.75, 3.05) is 16.8 Å². The number of carbonyl (C=O) groups is 3. The van der Waals surface area contributed by atoms with Crippen LogP contribution in [0.25, 0.3) is 11.3 Å². The Labute approximate surface area is 221 Å². The lowest BCUT2D eigenvalue weighted by Crippen LogP contribution is -2.33. The van der Waals surface area contributed by atoms with Gasteiger partial charge < -0.3 is 15.3 Å². The number of nitrogens with one attached hydrogen (secondary N) is 1. The minimum absolute atomic E-state index is 0.0225. The third-order valence-corrected chi connectivity index (χ3v) is 6.25. The highest BCUT2D eigenvalue weighted by Crippen LogP contribution is 2.43. The van der Waals surface area contributed by atoms with Gasteiger partial charge in [0, 0.05) is 41.4 Å². The summed E-state index contributed by atoms with van der Waals surface area (Å²) >= 11 is 0. The molecule has 5 rings (SSSR count). The lowest BCUT2D eigenvalue weighted by atomic mass is 9.97. The number of benzene rings is 3. The molecule has 0 radical (unpaired) electrons. The zero-order valence-corrected chi connectivity index (χ0v) is 20.3. The standard InChI is InChI=1S/C28H21F2N5O4/c29-28(30)13-14-34(23-7-3-1-5-20(23)22(28)15-25(36)37)27(39)18-9-11-19(12-10-18)33-26(38)21-6-2-4-8-24(21)35-17-31-16-32-35/h1-12,15-17H,13-14H2,(H,33,38)(H,36,37)/b22-15-. The zero-order valence-electron chi connectivity index (χ0n) is 20.3. The summed E-state index contributed by atoms with van der Waals surface area (Å²) in [6, 6.07) is 18.9. The maximum Gasteiger partial charge on any atom is 0.328 e. The van der Waals surface area contributed by atoms with Crippen molar-refractivity contribution in [1.29, 1.82) is 0 Å². The van der Waals surface area contributed by atoms with E-state index in [-0.39, 0.29) is 23.4 Å². The van der Waals surface area contributed by atoms with Gasteiger partial charge in [-0.1, -0.05) is 30.3 Å². The number of carbonyl (C=O) groups excluding carboxylic acids is 2. The molecule has 39 heavy (non-hydrogen) atoms. The molecule has 0 spiro atoms. The molecule has 0 saturated carbocycles. The van der Waals surface area contributed by atoms with E-state index in [1.807, 2.05) is 0 Å². The second-order valence-corrected chi connectivity index (χ2v) is 8.71. The van der Waals surface area contributed by atoms with E-state index in [0.29, 0.717) is 23.0 Å². The van der Waals surface area contributed by atoms with Crippen LogP contribution in [-0.4, -0.2) is 50.1 Å². The van der Waals surface area contributed by atoms with Crippen LogP contribution in [0.3, 0.4) is 0 Å². The van der Waals surface area contributed by atoms with Crippen LogP contribution in [-0.2, 0) is 4.79 Å². The summed E-state index contributed by atoms with van der Waals surface area (Å²) in [5.74, 6) is -5.88. The Hall–Kier alpha value is -5.19. The summed E-state index contributed by atoms with van der Waals surface area (Å²) in [5.41, 5.74) is 1.03. The van der Waals surface area contributed by atoms with Gasteiger partial charge in [-0.25, -0.2) is 23.2 Å². The topological polar surface area (TPSA) is 117 Å². The summed E-state index contributed by atoms with van der Waals surface area (Å²) < 4.78 is 31.3. The zero-order chi connectivity index (χ0) is 27.6. The van der Waals surface area contributed by atoms with E-state index in [1.54, 1.807) is 30.3 Å². The fraction of sp³-hybridized carbons (Fsp3) is 0.107. The molecule has 196 valence electrons. The molecule has 0 fully saturated rings. The van der Waals surface area contributed by atoms with Crippen molar-refractivity contribution in [2.24, 2.45) is 0 Å². The molecule has 1 aliphatic heterocycles. The molecule has 0 atom stereocenters. The Morgan fingerprint density at radius 3 is 2.33 bits per heavy atom. The van der Waals surface area contributed by atoms with Crippen molar-refractivity contribution in [2.45, 2.75) is 12.3 Å². The van der Waals surface area contributed by atoms with E-state index < -0.39 is 35.7 Å². The van der Waals surface area contributed by atoms with Crippen LogP contribution < -0.4 is 10.2 Å². The number of carboxylic acids is 1. The largest absolute Gasteiger partial charge is 0.478 e. The first-order valence-corrected chi connectivity index (χ1v) is 11.8. The van der Waals surface area contributed by atoms with Gasteiger partial charge in [0.15, 0.2) is 0 Å². The monoisotopic (exact) mass is 529 g/mol. The smallest absolute Gasteiger partial charge is 0.328 e. The van der Waals surface area contributed by atoms with E-state index in [4.69, 9.17) is 5.11 Å². The molecule has 9 nitrogen and oxygen atoms in total. The number of carboxylic acid groups (broad SMARTS) is 1. The Morgan fingerprint density at radius 2 is 1.64 bits per heavy atom. The van der Waals surface area contributed by atoms with Gasteiger partial charge in [-0.3, -0.25) is 9.59 Å². The predicted octanol–water partition coefficient (Wildman–Crippen LogP) is 4.67. The average molecular weight is 530 g/mol. The molecular formula is C28H21F2N5O4. The number of nitrogens with zero attached hydrogens (tertiary/aromatic N) is 4. The fourth-order valence-electron chi connectivity index (χ4n) is 4.41. The summed E-state index contributed by atoms with van der Waals surface area (Å²) in [4.78, 5) is 42.8. The first kappa shape index (κ1) is 25.5. The van der Waals surface area contributed by atoms with Crippen molar-refractivity contribution >= 4 is 34.7 Å². The lowest BCUT2D eigenvalue weighted by molar-refractivity contribution is -0.131. The lowest BCUT2D eigenvalue weighted by Gasteiger charge is -2.23. The number of aliphatic carboxylic acids is 1. The highest BCUT2D eigenvalue weighted by molar-refractivity contribution is 6.10. The molecule has 4 aromatic rings. The number of fused-ring (bicyclic) bond motifs is 1. The normalized spacial score (nSPS) is 15.3. The van der Waals surface area contributed by atoms with E-state index >= 15 is 0 Å². The van der Waals surface area contributed by atoms with Crippen LogP contribution in [0.2, 0.25) is 0 Å². The van der Waals surface area contributed by atoms with E-state index in [2.05, 4.69) is 15.4 Å². The van der Waals surface area contributed by atoms with Gasteiger partial charge >= 0.3 is 5.97 Å². The number of aromatic nitrogens is 3. The Morgan fingerprint density at radius 1 is 0.949 bits per heavy atom. The summed E-state index contributed by atoms with van der Waals surface area (Å²) in [7, 11) is 0. The fourth-order valence-corrected chi connectivity index (χ4v) is 4.41. The van der Waals surface area contributed by atoms with Crippen LogP contribution in [0, 0.1) is 0 Å². The number of hydrogen-bond acceptors (Lipinski definition) is 5. The number of hydrogen-bond donors (Lipinski definition) is 2. The van der Waals surface area contributed by atoms with Crippen LogP contribution in [0.15, 0.2) is 91.5 Å². The first-order chi connectivity index (χ1) is 18.7. The number of anilines is 2. The molecule has 2 heterocycles. The molecule has 11 heteroatoms.